The van der Waals surface area contributed by atoms with Crippen LogP contribution in [0.5, 0.6) is 17.2 Å². The number of nitrogens with two attached hydrogens (primary N) is 2. The Kier molecular flexibility index (Phi) is 22.0. The zero-order chi connectivity index (χ0) is 56.6. The van der Waals surface area contributed by atoms with Gasteiger partial charge in [0.2, 0.25) is 30.4 Å². The second kappa shape index (κ2) is 28.0. The maximum absolute atomic E-state index is 13.8. The van der Waals surface area contributed by atoms with Crippen LogP contribution < -0.4 is 53.2 Å². The smallest absolute Gasteiger partial charge is 0.404 e. The van der Waals surface area contributed by atoms with Crippen LogP contribution in [0.3, 0.4) is 0 Å². The number of fused-ring (bicyclic) bond motifs is 1. The molecule has 0 radical (unpaired) electrons. The van der Waals surface area contributed by atoms with Gasteiger partial charge in [-0.25, -0.2) is 9.59 Å². The highest BCUT2D eigenvalue weighted by atomic mass is 16.7. The standard InChI is InChI=1S/C55H73N7O15/c1-30(2)15-18-34-27-35(49(67)62-43-44(65)37-22-24-39(32(5)46(37)75-52(43)70)74-53-45(66)47(76-54(57)71)48(72-8)55(6,7)77-53)19-23-40(34)73-28-33-16-20-36(21-17-33)59-50(68)38(13-12-26-58-29-63)60-51(69)42(31(3)4)61-41(64)14-10-9-11-25-56/h15-17,19-24,27,29,31,38,42,45,47-48,53,65-66H,9-14,18,25-26,28,56H2,1-8H3,(H2,57,71)(H,58,63)(H,59,68)(H,60,69)(H,61,64)(H,62,67)/t38-,42-,45+,47-,48+,53+/m0/s1. The molecule has 1 aromatic heterocycles. The Bertz CT molecular complexity index is 2810. The van der Waals surface area contributed by atoms with Crippen molar-refractivity contribution in [2.45, 2.75) is 142 Å². The van der Waals surface area contributed by atoms with E-state index in [4.69, 9.17) is 39.6 Å². The van der Waals surface area contributed by atoms with E-state index in [1.807, 2.05) is 19.9 Å². The van der Waals surface area contributed by atoms with E-state index in [1.165, 1.54) is 25.3 Å². The molecule has 1 saturated heterocycles. The first kappa shape index (κ1) is 60.3. The van der Waals surface area contributed by atoms with Crippen LogP contribution in [0.2, 0.25) is 0 Å². The number of benzene rings is 3. The zero-order valence-electron chi connectivity index (χ0n) is 44.8. The first-order valence-electron chi connectivity index (χ1n) is 25.5. The Hall–Kier alpha value is -7.53. The van der Waals surface area contributed by atoms with E-state index in [9.17, 15) is 43.8 Å². The van der Waals surface area contributed by atoms with E-state index in [0.29, 0.717) is 49.2 Å². The monoisotopic (exact) mass is 1070 g/mol. The number of aryl methyl sites for hydroxylation is 1. The number of aliphatic hydroxyl groups excluding tert-OH is 1. The SMILES string of the molecule is CO[C@@H]1[C@@H](OC(N)=O)[C@@H](O)[C@H](Oc2ccc3c(O)c(NC(=O)c4ccc(OCc5ccc(NC(=O)[C@H](CCCNC=O)NC(=O)[C@@H](NC(=O)CCCCCN)C(C)C)cc5)c(CC=C(C)C)c4)c(=O)oc3c2C)OC1(C)C. The number of primary amides is 1. The minimum Gasteiger partial charge on any atom is -0.505 e. The molecular formula is C55H73N7O15. The molecule has 418 valence electrons. The lowest BCUT2D eigenvalue weighted by molar-refractivity contribution is -0.304. The second-order valence-electron chi connectivity index (χ2n) is 19.8. The molecule has 6 atom stereocenters. The third-order valence-corrected chi connectivity index (χ3v) is 12.8. The van der Waals surface area contributed by atoms with E-state index in [1.54, 1.807) is 71.0 Å². The fraction of sp³-hybridized carbons (Fsp3) is 0.473. The van der Waals surface area contributed by atoms with Crippen LogP contribution in [-0.2, 0) is 46.4 Å². The first-order valence-corrected chi connectivity index (χ1v) is 25.5. The van der Waals surface area contributed by atoms with E-state index in [2.05, 4.69) is 26.6 Å². The number of anilines is 2. The molecule has 0 aliphatic carbocycles. The van der Waals surface area contributed by atoms with Crippen molar-refractivity contribution in [3.8, 4) is 17.2 Å². The third-order valence-electron chi connectivity index (χ3n) is 12.8. The summed E-state index contributed by atoms with van der Waals surface area (Å²) in [5, 5.41) is 36.1. The fourth-order valence-electron chi connectivity index (χ4n) is 8.65. The molecule has 1 aliphatic rings. The molecular weight excluding hydrogens is 999 g/mol. The molecule has 77 heavy (non-hydrogen) atoms. The number of aromatic hydroxyl groups is 1. The summed E-state index contributed by atoms with van der Waals surface area (Å²) in [5.74, 6) is -2.27. The summed E-state index contributed by atoms with van der Waals surface area (Å²) in [6.07, 6.45) is -0.334. The molecule has 1 aliphatic heterocycles. The van der Waals surface area contributed by atoms with Gasteiger partial charge in [-0.15, -0.1) is 0 Å². The van der Waals surface area contributed by atoms with Crippen LogP contribution in [0.1, 0.15) is 107 Å². The number of hydrogen-bond donors (Lipinski definition) is 9. The number of rotatable bonds is 27. The number of unbranched alkanes of at least 4 members (excludes halogenated alkanes) is 2. The first-order chi connectivity index (χ1) is 36.6. The highest BCUT2D eigenvalue weighted by molar-refractivity contribution is 6.07. The predicted molar refractivity (Wildman–Crippen MR) is 286 cm³/mol. The van der Waals surface area contributed by atoms with Crippen LogP contribution in [0.4, 0.5) is 16.2 Å². The van der Waals surface area contributed by atoms with Gasteiger partial charge in [0, 0.05) is 36.9 Å². The normalized spacial score (nSPS) is 17.5. The molecule has 6 amide bonds. The molecule has 0 bridgehead atoms. The number of ether oxygens (including phenoxy) is 5. The fourth-order valence-corrected chi connectivity index (χ4v) is 8.65. The van der Waals surface area contributed by atoms with Gasteiger partial charge in [-0.05, 0) is 133 Å². The molecule has 4 aromatic rings. The summed E-state index contributed by atoms with van der Waals surface area (Å²) >= 11 is 0. The van der Waals surface area contributed by atoms with Gasteiger partial charge in [0.1, 0.15) is 41.9 Å². The van der Waals surface area contributed by atoms with E-state index < -0.39 is 83.2 Å². The van der Waals surface area contributed by atoms with Crippen LogP contribution in [0.15, 0.2) is 75.5 Å². The molecule has 0 saturated carbocycles. The number of aliphatic hydroxyl groups is 1. The second-order valence-corrected chi connectivity index (χ2v) is 19.8. The van der Waals surface area contributed by atoms with E-state index in [-0.39, 0.29) is 65.7 Å². The van der Waals surface area contributed by atoms with E-state index in [0.717, 1.165) is 24.0 Å². The van der Waals surface area contributed by atoms with Crippen LogP contribution in [0.25, 0.3) is 11.0 Å². The Morgan fingerprint density at radius 3 is 2.29 bits per heavy atom. The van der Waals surface area contributed by atoms with Gasteiger partial charge in [0.25, 0.3) is 5.91 Å². The number of amides is 6. The number of carbonyl (C=O) groups is 6. The average molecular weight is 1070 g/mol. The summed E-state index contributed by atoms with van der Waals surface area (Å²) < 4.78 is 34.5. The lowest BCUT2D eigenvalue weighted by Gasteiger charge is -2.47. The van der Waals surface area contributed by atoms with Crippen LogP contribution in [0, 0.1) is 12.8 Å². The number of nitrogens with one attached hydrogen (secondary N) is 5. The molecule has 22 nitrogen and oxygen atoms in total. The van der Waals surface area contributed by atoms with Gasteiger partial charge in [-0.2, -0.15) is 0 Å². The number of allylic oxidation sites excluding steroid dienone is 2. The van der Waals surface area contributed by atoms with Crippen molar-refractivity contribution in [2.24, 2.45) is 17.4 Å². The van der Waals surface area contributed by atoms with Crippen molar-refractivity contribution in [3.63, 3.8) is 0 Å². The van der Waals surface area contributed by atoms with Crippen molar-refractivity contribution >= 4 is 58.5 Å². The summed E-state index contributed by atoms with van der Waals surface area (Å²) in [6, 6.07) is 12.6. The van der Waals surface area contributed by atoms with Gasteiger partial charge in [0.15, 0.2) is 23.6 Å². The molecule has 2 heterocycles. The third kappa shape index (κ3) is 16.5. The summed E-state index contributed by atoms with van der Waals surface area (Å²) in [6.45, 7) is 13.2. The maximum Gasteiger partial charge on any atom is 0.404 e. The van der Waals surface area contributed by atoms with Crippen LogP contribution >= 0.6 is 0 Å². The largest absolute Gasteiger partial charge is 0.505 e. The van der Waals surface area contributed by atoms with Crippen molar-refractivity contribution in [1.29, 1.82) is 0 Å². The summed E-state index contributed by atoms with van der Waals surface area (Å²) in [4.78, 5) is 89.6. The molecule has 3 aromatic carbocycles. The summed E-state index contributed by atoms with van der Waals surface area (Å²) in [5.41, 5.74) is 11.2. The summed E-state index contributed by atoms with van der Waals surface area (Å²) in [7, 11) is 1.36. The lowest BCUT2D eigenvalue weighted by Crippen LogP contribution is -2.65. The zero-order valence-corrected chi connectivity index (χ0v) is 44.8. The van der Waals surface area contributed by atoms with Crippen molar-refractivity contribution in [1.82, 2.24) is 16.0 Å². The molecule has 22 heteroatoms. The highest BCUT2D eigenvalue weighted by Gasteiger charge is 2.53. The minimum atomic E-state index is -1.56. The topological polar surface area (TPSA) is 331 Å². The van der Waals surface area contributed by atoms with Crippen molar-refractivity contribution in [3.05, 3.63) is 98.9 Å². The lowest BCUT2D eigenvalue weighted by atomic mass is 9.89. The quantitative estimate of drug-likeness (QED) is 0.0162. The van der Waals surface area contributed by atoms with Gasteiger partial charge in [0.05, 0.1) is 11.0 Å². The molecule has 5 rings (SSSR count). The van der Waals surface area contributed by atoms with Gasteiger partial charge in [-0.3, -0.25) is 24.0 Å². The van der Waals surface area contributed by atoms with E-state index >= 15 is 0 Å². The van der Waals surface area contributed by atoms with Crippen molar-refractivity contribution < 1.29 is 67.1 Å². The molecule has 1 fully saturated rings. The number of methoxy groups -OCH3 is 1. The Morgan fingerprint density at radius 2 is 1.64 bits per heavy atom. The van der Waals surface area contributed by atoms with Crippen LogP contribution in [-0.4, -0.2) is 109 Å². The Labute approximate surface area is 446 Å². The predicted octanol–water partition coefficient (Wildman–Crippen LogP) is 5.11. The Morgan fingerprint density at radius 1 is 0.922 bits per heavy atom. The molecule has 0 spiro atoms. The number of hydrogen-bond acceptors (Lipinski definition) is 16. The molecule has 0 unspecified atom stereocenters. The van der Waals surface area contributed by atoms with Gasteiger partial charge in [-0.1, -0.05) is 44.1 Å². The van der Waals surface area contributed by atoms with Crippen molar-refractivity contribution in [2.75, 3.05) is 30.8 Å². The van der Waals surface area contributed by atoms with Gasteiger partial charge < -0.3 is 76.4 Å². The number of carbonyl (C=O) groups excluding carboxylic acids is 6. The maximum atomic E-state index is 13.8. The minimum absolute atomic E-state index is 0.0600. The highest BCUT2D eigenvalue weighted by Crippen LogP contribution is 2.39. The average Bonchev–Trinajstić information content (AvgIpc) is 3.41. The molecule has 11 N–H and O–H groups in total. The Balaban J connectivity index is 1.27. The van der Waals surface area contributed by atoms with Gasteiger partial charge >= 0.3 is 11.7 Å².